The normalized spacial score (nSPS) is 11.3. The summed E-state index contributed by atoms with van der Waals surface area (Å²) in [5, 5.41) is 45.4. The van der Waals surface area contributed by atoms with Crippen LogP contribution in [0.1, 0.15) is 21.3 Å². The average Bonchev–Trinajstić information content (AvgIpc) is 3.71. The van der Waals surface area contributed by atoms with Crippen LogP contribution < -0.4 is 14.2 Å². The summed E-state index contributed by atoms with van der Waals surface area (Å²) in [6.07, 6.45) is 2.32. The maximum Gasteiger partial charge on any atom is 0.295 e. The molecule has 0 bridgehead atoms. The van der Waals surface area contributed by atoms with Crippen molar-refractivity contribution in [1.29, 1.82) is 0 Å². The van der Waals surface area contributed by atoms with E-state index in [-0.39, 0.29) is 71.7 Å². The molecule has 0 saturated heterocycles. The largest absolute Gasteiger partial charge is 0.382 e. The number of nitrogen functional groups attached to an aromatic ring is 1. The van der Waals surface area contributed by atoms with E-state index in [1.54, 1.807) is 7.05 Å². The lowest BCUT2D eigenvalue weighted by Gasteiger charge is -2.17. The number of nitro benzene ring substituents is 3. The number of nitrogens with zero attached hydrogens (tertiary/aromatic N) is 10. The van der Waals surface area contributed by atoms with Gasteiger partial charge in [-0.15, -0.1) is 3.71 Å². The number of aromatic nitrogens is 6. The van der Waals surface area contributed by atoms with Crippen LogP contribution in [0.3, 0.4) is 0 Å². The van der Waals surface area contributed by atoms with Crippen molar-refractivity contribution in [3.8, 4) is 0 Å². The fraction of sp³-hybridized carbons (Fsp3) is 0.300. The molecule has 3 aromatic heterocycles. The van der Waals surface area contributed by atoms with E-state index in [9.17, 15) is 55.6 Å². The summed E-state index contributed by atoms with van der Waals surface area (Å²) in [7, 11) is -7.71. The Morgan fingerprint density at radius 2 is 0.950 bits per heavy atom. The Labute approximate surface area is 357 Å². The van der Waals surface area contributed by atoms with Crippen LogP contribution in [0, 0.1) is 30.3 Å². The average molecular weight is 960 g/mol. The van der Waals surface area contributed by atoms with Crippen LogP contribution in [0.2, 0.25) is 15.1 Å². The molecule has 0 fully saturated rings. The van der Waals surface area contributed by atoms with Crippen LogP contribution in [0.5, 0.6) is 0 Å². The van der Waals surface area contributed by atoms with Crippen LogP contribution >= 0.6 is 34.8 Å². The first-order valence-electron chi connectivity index (χ1n) is 15.9. The van der Waals surface area contributed by atoms with Gasteiger partial charge in [0, 0.05) is 39.3 Å². The number of benzene rings is 3. The Morgan fingerprint density at radius 1 is 0.617 bits per heavy atom. The summed E-state index contributed by atoms with van der Waals surface area (Å²) in [6, 6.07) is 7.66. The molecule has 0 aliphatic carbocycles. The maximum absolute atomic E-state index is 11.9. The molecule has 328 valence electrons. The van der Waals surface area contributed by atoms with Gasteiger partial charge in [0.25, 0.3) is 17.1 Å². The van der Waals surface area contributed by atoms with Crippen LogP contribution in [-0.2, 0) is 51.2 Å². The number of fused-ring (bicyclic) bond motifs is 3. The van der Waals surface area contributed by atoms with E-state index in [1.165, 1.54) is 53.8 Å². The molecular weight excluding hydrogens is 923 g/mol. The molecule has 24 nitrogen and oxygen atoms in total. The minimum atomic E-state index is -4.26. The highest BCUT2D eigenvalue weighted by molar-refractivity contribution is 8.09. The third-order valence-electron chi connectivity index (χ3n) is 7.40. The summed E-state index contributed by atoms with van der Waals surface area (Å²) < 4.78 is 75.9. The molecule has 0 spiro atoms. The monoisotopic (exact) mass is 958 g/mol. The molecule has 0 amide bonds. The summed E-state index contributed by atoms with van der Waals surface area (Å²) >= 11 is 17.9. The molecule has 30 heteroatoms. The first-order chi connectivity index (χ1) is 27.1. The van der Waals surface area contributed by atoms with Crippen LogP contribution in [0.15, 0.2) is 36.4 Å². The zero-order valence-corrected chi connectivity index (χ0v) is 36.5. The van der Waals surface area contributed by atoms with Gasteiger partial charge in [-0.2, -0.15) is 15.3 Å². The number of nitrogens with two attached hydrogens (primary N) is 1. The number of non-ortho nitro benzene ring substituents is 3. The number of aryl methyl sites for hydroxylation is 3. The Kier molecular flexibility index (Phi) is 15.8. The van der Waals surface area contributed by atoms with Crippen LogP contribution in [0.25, 0.3) is 32.7 Å². The van der Waals surface area contributed by atoms with E-state index < -0.39 is 50.7 Å². The topological polar surface area (TPSA) is 327 Å². The number of anilines is 3. The molecule has 0 aliphatic heterocycles. The van der Waals surface area contributed by atoms with E-state index in [1.807, 2.05) is 13.8 Å². The molecule has 60 heavy (non-hydrogen) atoms. The second kappa shape index (κ2) is 18.8. The lowest BCUT2D eigenvalue weighted by Crippen LogP contribution is -2.35. The molecule has 0 radical (unpaired) electrons. The van der Waals surface area contributed by atoms with Crippen molar-refractivity contribution in [2.75, 3.05) is 32.9 Å². The molecule has 6 rings (SSSR count). The second-order valence-electron chi connectivity index (χ2n) is 11.7. The summed E-state index contributed by atoms with van der Waals surface area (Å²) in [5.74, 6) is -0.351. The number of halogens is 3. The summed E-state index contributed by atoms with van der Waals surface area (Å²) in [5.41, 5.74) is 5.38. The van der Waals surface area contributed by atoms with Crippen molar-refractivity contribution in [2.24, 2.45) is 21.1 Å². The Hall–Kier alpha value is -5.61. The van der Waals surface area contributed by atoms with Crippen molar-refractivity contribution in [1.82, 2.24) is 29.3 Å². The summed E-state index contributed by atoms with van der Waals surface area (Å²) in [6.45, 7) is 4.00. The molecule has 0 atom stereocenters. The van der Waals surface area contributed by atoms with Gasteiger partial charge in [0.15, 0.2) is 17.5 Å². The van der Waals surface area contributed by atoms with Gasteiger partial charge in [0.05, 0.1) is 64.8 Å². The Bertz CT molecular complexity index is 2980. The van der Waals surface area contributed by atoms with Gasteiger partial charge in [-0.3, -0.25) is 49.1 Å². The van der Waals surface area contributed by atoms with E-state index in [4.69, 9.17) is 40.5 Å². The highest BCUT2D eigenvalue weighted by Gasteiger charge is 2.34. The number of nitrogens with one attached hydrogen (secondary N) is 1. The zero-order valence-electron chi connectivity index (χ0n) is 31.8. The Balaban J connectivity index is 0.000000307. The molecule has 0 aliphatic rings. The highest BCUT2D eigenvalue weighted by Crippen LogP contribution is 2.39. The zero-order chi connectivity index (χ0) is 45.3. The molecule has 0 unspecified atom stereocenters. The lowest BCUT2D eigenvalue weighted by molar-refractivity contribution is -0.383. The molecule has 3 heterocycles. The molecule has 6 aromatic rings. The molecular formula is C30H37Cl3N12O12S3. The quantitative estimate of drug-likeness (QED) is 0.135. The van der Waals surface area contributed by atoms with Gasteiger partial charge < -0.3 is 5.73 Å². The second-order valence-corrected chi connectivity index (χ2v) is 18.5. The number of hydrogen-bond donors (Lipinski definition) is 2. The van der Waals surface area contributed by atoms with Crippen molar-refractivity contribution in [2.45, 2.75) is 21.3 Å². The van der Waals surface area contributed by atoms with Crippen molar-refractivity contribution in [3.05, 3.63) is 81.8 Å². The van der Waals surface area contributed by atoms with Gasteiger partial charge in [0.2, 0.25) is 30.1 Å². The number of rotatable bonds is 8. The SMILES string of the molecule is C.CC.Cn1nc(N(S(C)(=O)=O)S(C)(=O)=O)c2c(Cl)ccc([N+](=O)[O-])c21.Cn1nc(N)c2c(Cl)ccc([N+](=O)[O-])c21.Cn1nc(NS(C)(=O)=O)c2c(Cl)ccc([N+](=O)[O-])c21. The van der Waals surface area contributed by atoms with Gasteiger partial charge >= 0.3 is 0 Å². The molecule has 0 saturated carbocycles. The van der Waals surface area contributed by atoms with E-state index in [2.05, 4.69) is 20.0 Å². The van der Waals surface area contributed by atoms with Crippen molar-refractivity contribution >= 4 is 132 Å². The highest BCUT2D eigenvalue weighted by atomic mass is 35.5. The van der Waals surface area contributed by atoms with E-state index in [0.29, 0.717) is 28.4 Å². The smallest absolute Gasteiger partial charge is 0.295 e. The van der Waals surface area contributed by atoms with E-state index in [0.717, 1.165) is 17.0 Å². The van der Waals surface area contributed by atoms with E-state index >= 15 is 0 Å². The molecule has 3 aromatic carbocycles. The van der Waals surface area contributed by atoms with Gasteiger partial charge in [-0.05, 0) is 18.2 Å². The Morgan fingerprint density at radius 3 is 1.33 bits per heavy atom. The van der Waals surface area contributed by atoms with Crippen LogP contribution in [-0.4, -0.2) is 88.1 Å². The third-order valence-corrected chi connectivity index (χ3v) is 12.1. The van der Waals surface area contributed by atoms with Crippen LogP contribution in [0.4, 0.5) is 34.5 Å². The standard InChI is InChI=1S/C10H11ClN4O6S2.C9H9ClN4O4S.C8H7ClN4O2.C2H6.CH4/c1-13-9-7(14(16)17)5-4-6(11)8(9)10(12-13)15(22(2,18)19)23(3,20)21;1-13-8-6(14(15)16)4-3-5(10)7(8)9(11-13)12-19(2,17)18;1-12-7-5(13(14)15)3-2-4(9)6(7)8(10)11-12;1-2;/h4-5H,1-3H3;3-4H,1-2H3,(H,11,12);2-3H,1H3,(H2,10,11);1-2H3;1H4. The first kappa shape index (κ1) is 50.5. The summed E-state index contributed by atoms with van der Waals surface area (Å²) in [4.78, 5) is 31.1. The maximum atomic E-state index is 11.9. The minimum absolute atomic E-state index is 0. The fourth-order valence-electron chi connectivity index (χ4n) is 5.46. The van der Waals surface area contributed by atoms with Gasteiger partial charge in [-0.1, -0.05) is 56.1 Å². The van der Waals surface area contributed by atoms with Gasteiger partial charge in [-0.25, -0.2) is 25.3 Å². The van der Waals surface area contributed by atoms with Crippen molar-refractivity contribution < 1.29 is 40.0 Å². The number of sulfonamides is 3. The fourth-order valence-corrected chi connectivity index (χ4v) is 9.54. The predicted molar refractivity (Wildman–Crippen MR) is 230 cm³/mol. The molecule has 3 N–H and O–H groups in total. The lowest BCUT2D eigenvalue weighted by atomic mass is 10.2. The predicted octanol–water partition coefficient (Wildman–Crippen LogP) is 5.75. The van der Waals surface area contributed by atoms with Crippen molar-refractivity contribution in [3.63, 3.8) is 0 Å². The first-order valence-corrected chi connectivity index (χ1v) is 22.6. The number of nitro groups is 3. The van der Waals surface area contributed by atoms with Gasteiger partial charge in [0.1, 0.15) is 16.6 Å². The number of hydrogen-bond acceptors (Lipinski definition) is 16. The minimum Gasteiger partial charge on any atom is -0.382 e. The third kappa shape index (κ3) is 10.6.